The van der Waals surface area contributed by atoms with Crippen molar-refractivity contribution >= 4 is 15.7 Å². The van der Waals surface area contributed by atoms with E-state index in [2.05, 4.69) is 4.72 Å². The fraction of sp³-hybridized carbons (Fsp3) is 0.455. The van der Waals surface area contributed by atoms with Crippen LogP contribution in [0.5, 0.6) is 0 Å². The molecule has 0 aliphatic rings. The molecule has 7 nitrogen and oxygen atoms in total. The molecule has 8 heteroatoms. The highest BCUT2D eigenvalue weighted by atomic mass is 32.2. The maximum atomic E-state index is 12.0. The first-order valence-electron chi connectivity index (χ1n) is 5.66. The Kier molecular flexibility index (Phi) is 4.61. The van der Waals surface area contributed by atoms with Gasteiger partial charge in [0.05, 0.1) is 9.82 Å². The van der Waals surface area contributed by atoms with Crippen molar-refractivity contribution in [2.45, 2.75) is 31.7 Å². The van der Waals surface area contributed by atoms with E-state index in [-0.39, 0.29) is 23.2 Å². The fourth-order valence-electron chi connectivity index (χ4n) is 1.48. The van der Waals surface area contributed by atoms with Crippen molar-refractivity contribution in [3.63, 3.8) is 0 Å². The first kappa shape index (κ1) is 15.5. The van der Waals surface area contributed by atoms with Crippen LogP contribution in [0.2, 0.25) is 0 Å². The van der Waals surface area contributed by atoms with Crippen molar-refractivity contribution in [1.82, 2.24) is 4.72 Å². The average Bonchev–Trinajstić information content (AvgIpc) is 2.29. The number of sulfonamides is 1. The molecule has 1 aromatic carbocycles. The summed E-state index contributed by atoms with van der Waals surface area (Å²) in [5, 5.41) is 10.9. The van der Waals surface area contributed by atoms with Crippen LogP contribution in [0.1, 0.15) is 18.1 Å². The first-order valence-corrected chi connectivity index (χ1v) is 7.14. The van der Waals surface area contributed by atoms with Crippen LogP contribution in [0, 0.1) is 24.0 Å². The van der Waals surface area contributed by atoms with E-state index >= 15 is 0 Å². The topological polar surface area (TPSA) is 115 Å². The molecule has 0 fully saturated rings. The van der Waals surface area contributed by atoms with Gasteiger partial charge in [-0.1, -0.05) is 0 Å². The summed E-state index contributed by atoms with van der Waals surface area (Å²) in [6, 6.07) is 2.13. The maximum absolute atomic E-state index is 12.0. The van der Waals surface area contributed by atoms with E-state index in [1.165, 1.54) is 6.07 Å². The Hall–Kier alpha value is -1.51. The quantitative estimate of drug-likeness (QED) is 0.615. The van der Waals surface area contributed by atoms with E-state index in [1.54, 1.807) is 20.8 Å². The molecular formula is C11H17N3O4S. The summed E-state index contributed by atoms with van der Waals surface area (Å²) < 4.78 is 26.3. The Morgan fingerprint density at radius 2 is 2.00 bits per heavy atom. The molecule has 106 valence electrons. The highest BCUT2D eigenvalue weighted by molar-refractivity contribution is 7.89. The number of aryl methyl sites for hydroxylation is 1. The molecule has 1 unspecified atom stereocenters. The molecular weight excluding hydrogens is 270 g/mol. The van der Waals surface area contributed by atoms with Crippen LogP contribution < -0.4 is 10.5 Å². The predicted octanol–water partition coefficient (Wildman–Crippen LogP) is 0.837. The number of nitrogens with one attached hydrogen (secondary N) is 1. The van der Waals surface area contributed by atoms with E-state index < -0.39 is 14.9 Å². The molecule has 0 bridgehead atoms. The van der Waals surface area contributed by atoms with Gasteiger partial charge in [-0.3, -0.25) is 10.1 Å². The van der Waals surface area contributed by atoms with Crippen molar-refractivity contribution in [3.8, 4) is 0 Å². The molecule has 0 aromatic heterocycles. The third kappa shape index (κ3) is 3.72. The minimum Gasteiger partial charge on any atom is -0.327 e. The Balaban J connectivity index is 3.25. The molecule has 0 saturated carbocycles. The van der Waals surface area contributed by atoms with Crippen LogP contribution in [-0.4, -0.2) is 25.9 Å². The van der Waals surface area contributed by atoms with Crippen molar-refractivity contribution in [1.29, 1.82) is 0 Å². The van der Waals surface area contributed by atoms with Gasteiger partial charge >= 0.3 is 0 Å². The van der Waals surface area contributed by atoms with Gasteiger partial charge in [-0.25, -0.2) is 13.1 Å². The lowest BCUT2D eigenvalue weighted by molar-refractivity contribution is -0.385. The molecule has 19 heavy (non-hydrogen) atoms. The largest absolute Gasteiger partial charge is 0.327 e. The Labute approximate surface area is 112 Å². The van der Waals surface area contributed by atoms with Crippen molar-refractivity contribution in [3.05, 3.63) is 33.4 Å². The highest BCUT2D eigenvalue weighted by Gasteiger charge is 2.21. The van der Waals surface area contributed by atoms with Crippen LogP contribution in [0.15, 0.2) is 17.0 Å². The number of nitro benzene ring substituents is 1. The Bertz CT molecular complexity index is 596. The van der Waals surface area contributed by atoms with Gasteiger partial charge in [-0.2, -0.15) is 0 Å². The Morgan fingerprint density at radius 1 is 1.42 bits per heavy atom. The van der Waals surface area contributed by atoms with Crippen LogP contribution in [-0.2, 0) is 10.0 Å². The van der Waals surface area contributed by atoms with Crippen LogP contribution in [0.3, 0.4) is 0 Å². The molecule has 1 atom stereocenters. The second-order valence-electron chi connectivity index (χ2n) is 4.47. The molecule has 1 rings (SSSR count). The third-order valence-electron chi connectivity index (χ3n) is 2.72. The summed E-state index contributed by atoms with van der Waals surface area (Å²) in [6.07, 6.45) is 0. The molecule has 0 amide bonds. The molecule has 0 aliphatic heterocycles. The number of rotatable bonds is 5. The van der Waals surface area contributed by atoms with E-state index in [4.69, 9.17) is 5.73 Å². The van der Waals surface area contributed by atoms with Crippen LogP contribution in [0.25, 0.3) is 0 Å². The molecule has 0 saturated heterocycles. The number of nitrogens with two attached hydrogens (primary N) is 1. The summed E-state index contributed by atoms with van der Waals surface area (Å²) >= 11 is 0. The summed E-state index contributed by atoms with van der Waals surface area (Å²) in [5.41, 5.74) is 6.27. The van der Waals surface area contributed by atoms with Crippen LogP contribution >= 0.6 is 0 Å². The summed E-state index contributed by atoms with van der Waals surface area (Å²) in [5.74, 6) is 0. The number of hydrogen-bond donors (Lipinski definition) is 2. The van der Waals surface area contributed by atoms with Gasteiger partial charge in [0.25, 0.3) is 5.69 Å². The Morgan fingerprint density at radius 3 is 2.47 bits per heavy atom. The number of benzene rings is 1. The number of nitrogens with zero attached hydrogens (tertiary/aromatic N) is 1. The lowest BCUT2D eigenvalue weighted by atomic mass is 10.1. The second kappa shape index (κ2) is 5.64. The minimum absolute atomic E-state index is 0.0725. The fourth-order valence-corrected chi connectivity index (χ4v) is 2.73. The summed E-state index contributed by atoms with van der Waals surface area (Å²) in [7, 11) is -3.79. The second-order valence-corrected chi connectivity index (χ2v) is 6.24. The van der Waals surface area contributed by atoms with E-state index in [0.29, 0.717) is 11.1 Å². The zero-order valence-corrected chi connectivity index (χ0v) is 11.8. The van der Waals surface area contributed by atoms with Crippen molar-refractivity contribution in [2.24, 2.45) is 5.73 Å². The molecule has 3 N–H and O–H groups in total. The maximum Gasteiger partial charge on any atom is 0.273 e. The lowest BCUT2D eigenvalue weighted by Gasteiger charge is -2.10. The van der Waals surface area contributed by atoms with E-state index in [0.717, 1.165) is 6.07 Å². The molecule has 0 heterocycles. The summed E-state index contributed by atoms with van der Waals surface area (Å²) in [4.78, 5) is 10.2. The van der Waals surface area contributed by atoms with Gasteiger partial charge in [0.15, 0.2) is 0 Å². The van der Waals surface area contributed by atoms with E-state index in [1.807, 2.05) is 0 Å². The molecule has 1 aromatic rings. The van der Waals surface area contributed by atoms with Gasteiger partial charge < -0.3 is 5.73 Å². The molecule has 0 radical (unpaired) electrons. The van der Waals surface area contributed by atoms with Crippen molar-refractivity contribution < 1.29 is 13.3 Å². The highest BCUT2D eigenvalue weighted by Crippen LogP contribution is 2.25. The third-order valence-corrected chi connectivity index (χ3v) is 4.12. The number of hydrogen-bond acceptors (Lipinski definition) is 5. The van der Waals surface area contributed by atoms with Gasteiger partial charge in [-0.05, 0) is 32.4 Å². The lowest BCUT2D eigenvalue weighted by Crippen LogP contribution is -2.35. The predicted molar refractivity (Wildman–Crippen MR) is 71.4 cm³/mol. The minimum atomic E-state index is -3.79. The average molecular weight is 287 g/mol. The van der Waals surface area contributed by atoms with E-state index in [9.17, 15) is 18.5 Å². The molecule has 0 spiro atoms. The summed E-state index contributed by atoms with van der Waals surface area (Å²) in [6.45, 7) is 4.95. The van der Waals surface area contributed by atoms with Gasteiger partial charge in [0, 0.05) is 24.2 Å². The number of nitro groups is 1. The zero-order chi connectivity index (χ0) is 14.8. The zero-order valence-electron chi connectivity index (χ0n) is 11.0. The van der Waals surface area contributed by atoms with Gasteiger partial charge in [0.1, 0.15) is 0 Å². The SMILES string of the molecule is Cc1cc(S(=O)(=O)NCC(C)N)cc([N+](=O)[O-])c1C. The first-order chi connectivity index (χ1) is 8.65. The van der Waals surface area contributed by atoms with Crippen LogP contribution in [0.4, 0.5) is 5.69 Å². The van der Waals surface area contributed by atoms with Crippen molar-refractivity contribution in [2.75, 3.05) is 6.54 Å². The standard InChI is InChI=1S/C11H17N3O4S/c1-7-4-10(5-11(9(7)3)14(15)16)19(17,18)13-6-8(2)12/h4-5,8,13H,6,12H2,1-3H3. The van der Waals surface area contributed by atoms with Gasteiger partial charge in [0.2, 0.25) is 10.0 Å². The molecule has 0 aliphatic carbocycles. The smallest absolute Gasteiger partial charge is 0.273 e. The van der Waals surface area contributed by atoms with Gasteiger partial charge in [-0.15, -0.1) is 0 Å². The normalized spacial score (nSPS) is 13.3. The monoisotopic (exact) mass is 287 g/mol.